The number of guanidine groups is 1. The van der Waals surface area contributed by atoms with Crippen LogP contribution < -0.4 is 27.4 Å². The summed E-state index contributed by atoms with van der Waals surface area (Å²) in [5.74, 6) is -0.790. The number of unbranched alkanes of at least 4 members (excludes halogenated alkanes) is 2. The second-order valence-corrected chi connectivity index (χ2v) is 11.7. The van der Waals surface area contributed by atoms with Gasteiger partial charge in [-0.25, -0.2) is 0 Å². The van der Waals surface area contributed by atoms with Crippen molar-refractivity contribution in [2.75, 3.05) is 32.7 Å². The predicted octanol–water partition coefficient (Wildman–Crippen LogP) is 3.27. The molecule has 1 aliphatic heterocycles. The highest BCUT2D eigenvalue weighted by atomic mass is 16.2. The maximum atomic E-state index is 14.0. The van der Waals surface area contributed by atoms with E-state index in [1.165, 1.54) is 0 Å². The normalized spacial score (nSPS) is 17.4. The Morgan fingerprint density at radius 1 is 0.978 bits per heavy atom. The van der Waals surface area contributed by atoms with E-state index in [0.29, 0.717) is 51.0 Å². The molecule has 0 radical (unpaired) electrons. The molecule has 1 aliphatic rings. The molecule has 1 fully saturated rings. The molecule has 4 rings (SSSR count). The zero-order valence-electron chi connectivity index (χ0n) is 26.2. The molecular weight excluding hydrogens is 566 g/mol. The molecule has 0 spiro atoms. The maximum absolute atomic E-state index is 14.0. The standard InChI is InChI=1S/C35H47N7O3/c1-2-3-9-19-38-33(44)30(26-12-5-4-6-13-26)24-42-21-18-29(41-31(34(42)45)15-10-20-39-35(36)37)23-40-32(43)28-17-16-25-11-7-8-14-27(25)22-28/h4-8,11-14,16-17,22,29-31,41H,2-3,9-10,15,18-21,23-24H2,1H3,(H,38,44)(H,40,43)(H4,36,37,39)/t29-,30?,31-/m1/s1. The van der Waals surface area contributed by atoms with E-state index in [-0.39, 0.29) is 36.3 Å². The van der Waals surface area contributed by atoms with Crippen LogP contribution in [0, 0.1) is 0 Å². The first-order chi connectivity index (χ1) is 21.9. The number of carbonyl (C=O) groups excluding carboxylic acids is 3. The van der Waals surface area contributed by atoms with Crippen LogP contribution in [0.3, 0.4) is 0 Å². The molecule has 45 heavy (non-hydrogen) atoms. The lowest BCUT2D eigenvalue weighted by molar-refractivity contribution is -0.134. The van der Waals surface area contributed by atoms with Gasteiger partial charge in [-0.15, -0.1) is 0 Å². The van der Waals surface area contributed by atoms with Crippen molar-refractivity contribution in [3.05, 3.63) is 83.9 Å². The lowest BCUT2D eigenvalue weighted by atomic mass is 9.96. The Morgan fingerprint density at radius 2 is 1.73 bits per heavy atom. The van der Waals surface area contributed by atoms with E-state index in [4.69, 9.17) is 11.5 Å². The third kappa shape index (κ3) is 10.0. The van der Waals surface area contributed by atoms with Gasteiger partial charge in [-0.05, 0) is 54.2 Å². The topological polar surface area (TPSA) is 155 Å². The van der Waals surface area contributed by atoms with Crippen molar-refractivity contribution in [1.29, 1.82) is 0 Å². The van der Waals surface area contributed by atoms with Crippen molar-refractivity contribution >= 4 is 34.5 Å². The van der Waals surface area contributed by atoms with E-state index in [1.54, 1.807) is 4.90 Å². The number of fused-ring (bicyclic) bond motifs is 1. The van der Waals surface area contributed by atoms with Gasteiger partial charge in [-0.2, -0.15) is 0 Å². The van der Waals surface area contributed by atoms with Crippen LogP contribution in [-0.2, 0) is 9.59 Å². The van der Waals surface area contributed by atoms with E-state index in [1.807, 2.05) is 72.8 Å². The molecule has 10 nitrogen and oxygen atoms in total. The van der Waals surface area contributed by atoms with Gasteiger partial charge < -0.3 is 32.3 Å². The smallest absolute Gasteiger partial charge is 0.251 e. The summed E-state index contributed by atoms with van der Waals surface area (Å²) in [6.45, 7) is 4.23. The summed E-state index contributed by atoms with van der Waals surface area (Å²) < 4.78 is 0. The quantitative estimate of drug-likeness (QED) is 0.101. The average Bonchev–Trinajstić information content (AvgIpc) is 3.20. The number of amides is 3. The Labute approximate surface area is 266 Å². The van der Waals surface area contributed by atoms with Gasteiger partial charge in [0.2, 0.25) is 11.8 Å². The van der Waals surface area contributed by atoms with E-state index >= 15 is 0 Å². The van der Waals surface area contributed by atoms with Crippen molar-refractivity contribution < 1.29 is 14.4 Å². The van der Waals surface area contributed by atoms with Gasteiger partial charge in [0.05, 0.1) is 12.0 Å². The number of hydrogen-bond acceptors (Lipinski definition) is 5. The van der Waals surface area contributed by atoms with Crippen LogP contribution in [0.15, 0.2) is 77.8 Å². The van der Waals surface area contributed by atoms with Crippen molar-refractivity contribution in [3.63, 3.8) is 0 Å². The van der Waals surface area contributed by atoms with Crippen molar-refractivity contribution in [1.82, 2.24) is 20.9 Å². The van der Waals surface area contributed by atoms with Gasteiger partial charge in [-0.3, -0.25) is 19.4 Å². The second-order valence-electron chi connectivity index (χ2n) is 11.7. The minimum Gasteiger partial charge on any atom is -0.370 e. The van der Waals surface area contributed by atoms with Crippen LogP contribution in [0.1, 0.15) is 67.3 Å². The Bertz CT molecular complexity index is 1440. The first-order valence-electron chi connectivity index (χ1n) is 16.1. The molecule has 240 valence electrons. The Kier molecular flexibility index (Phi) is 12.8. The van der Waals surface area contributed by atoms with Gasteiger partial charge in [0.1, 0.15) is 0 Å². The summed E-state index contributed by atoms with van der Waals surface area (Å²) in [5.41, 5.74) is 12.5. The fourth-order valence-corrected chi connectivity index (χ4v) is 5.74. The third-order valence-corrected chi connectivity index (χ3v) is 8.26. The number of nitrogens with two attached hydrogens (primary N) is 2. The number of rotatable bonds is 15. The zero-order chi connectivity index (χ0) is 32.0. The molecule has 3 aromatic rings. The van der Waals surface area contributed by atoms with Gasteiger partial charge in [-0.1, -0.05) is 80.4 Å². The molecule has 3 atom stereocenters. The minimum absolute atomic E-state index is 0.0155. The van der Waals surface area contributed by atoms with Gasteiger partial charge >= 0.3 is 0 Å². The van der Waals surface area contributed by atoms with Crippen molar-refractivity contribution in [3.8, 4) is 0 Å². The van der Waals surface area contributed by atoms with Gasteiger partial charge in [0.15, 0.2) is 5.96 Å². The predicted molar refractivity (Wildman–Crippen MR) is 180 cm³/mol. The van der Waals surface area contributed by atoms with E-state index in [0.717, 1.165) is 35.6 Å². The molecule has 0 saturated carbocycles. The van der Waals surface area contributed by atoms with Crippen LogP contribution in [0.2, 0.25) is 0 Å². The summed E-state index contributed by atoms with van der Waals surface area (Å²) in [4.78, 5) is 46.4. The van der Waals surface area contributed by atoms with Gasteiger partial charge in [0.25, 0.3) is 5.91 Å². The van der Waals surface area contributed by atoms with Gasteiger partial charge in [0, 0.05) is 44.3 Å². The number of carbonyl (C=O) groups is 3. The highest BCUT2D eigenvalue weighted by Crippen LogP contribution is 2.21. The second kappa shape index (κ2) is 17.2. The first-order valence-corrected chi connectivity index (χ1v) is 16.1. The highest BCUT2D eigenvalue weighted by Gasteiger charge is 2.34. The summed E-state index contributed by atoms with van der Waals surface area (Å²) >= 11 is 0. The molecule has 1 unspecified atom stereocenters. The van der Waals surface area contributed by atoms with Crippen LogP contribution in [0.25, 0.3) is 10.8 Å². The summed E-state index contributed by atoms with van der Waals surface area (Å²) in [6, 6.07) is 22.6. The Morgan fingerprint density at radius 3 is 2.49 bits per heavy atom. The minimum atomic E-state index is -0.506. The van der Waals surface area contributed by atoms with Crippen LogP contribution in [0.5, 0.6) is 0 Å². The lowest BCUT2D eigenvalue weighted by Crippen LogP contribution is -2.49. The summed E-state index contributed by atoms with van der Waals surface area (Å²) in [6.07, 6.45) is 4.77. The lowest BCUT2D eigenvalue weighted by Gasteiger charge is -2.28. The molecule has 0 aromatic heterocycles. The molecule has 1 heterocycles. The number of hydrogen-bond donors (Lipinski definition) is 5. The number of benzene rings is 3. The summed E-state index contributed by atoms with van der Waals surface area (Å²) in [7, 11) is 0. The number of aliphatic imine (C=N–C) groups is 1. The highest BCUT2D eigenvalue weighted by molar-refractivity contribution is 5.98. The van der Waals surface area contributed by atoms with Crippen molar-refractivity contribution in [2.24, 2.45) is 16.5 Å². The average molecular weight is 614 g/mol. The Hall–Kier alpha value is -4.44. The van der Waals surface area contributed by atoms with Crippen LogP contribution in [-0.4, -0.2) is 73.4 Å². The molecule has 0 aliphatic carbocycles. The first kappa shape index (κ1) is 33.5. The van der Waals surface area contributed by atoms with E-state index in [9.17, 15) is 14.4 Å². The van der Waals surface area contributed by atoms with E-state index in [2.05, 4.69) is 27.9 Å². The Balaban J connectivity index is 1.47. The largest absolute Gasteiger partial charge is 0.370 e. The maximum Gasteiger partial charge on any atom is 0.251 e. The SMILES string of the molecule is CCCCCNC(=O)C(CN1CC[C@H](CNC(=O)c2ccc3ccccc3c2)N[C@H](CCCN=C(N)N)C1=O)c1ccccc1. The summed E-state index contributed by atoms with van der Waals surface area (Å²) in [5, 5.41) is 11.7. The van der Waals surface area contributed by atoms with Crippen molar-refractivity contribution in [2.45, 2.75) is 63.5 Å². The third-order valence-electron chi connectivity index (χ3n) is 8.26. The molecular formula is C35H47N7O3. The fraction of sp³-hybridized carbons (Fsp3) is 0.429. The monoisotopic (exact) mass is 613 g/mol. The zero-order valence-corrected chi connectivity index (χ0v) is 26.2. The molecule has 3 aromatic carbocycles. The van der Waals surface area contributed by atoms with Crippen LogP contribution >= 0.6 is 0 Å². The number of nitrogens with one attached hydrogen (secondary N) is 3. The van der Waals surface area contributed by atoms with Crippen LogP contribution in [0.4, 0.5) is 0 Å². The molecule has 10 heteroatoms. The molecule has 0 bridgehead atoms. The molecule has 3 amide bonds. The molecule has 7 N–H and O–H groups in total. The fourth-order valence-electron chi connectivity index (χ4n) is 5.74. The molecule has 1 saturated heterocycles. The number of nitrogens with zero attached hydrogens (tertiary/aromatic N) is 2. The van der Waals surface area contributed by atoms with E-state index < -0.39 is 12.0 Å².